The summed E-state index contributed by atoms with van der Waals surface area (Å²) in [5.41, 5.74) is 1.54. The SMILES string of the molecule is CCCC1=C(C(=O)OCC)[C@H](c2cc(OC)ccc2OC)n2c(s/c(=C\c3cc(Br)ccc3OC(C)=O)c2=O)=N1. The number of allylic oxidation sites excluding steroid dienone is 1. The van der Waals surface area contributed by atoms with E-state index in [9.17, 15) is 14.4 Å². The third-order valence-electron chi connectivity index (χ3n) is 6.14. The second-order valence-electron chi connectivity index (χ2n) is 8.80. The molecule has 1 aliphatic rings. The fourth-order valence-electron chi connectivity index (χ4n) is 4.49. The monoisotopic (exact) mass is 628 g/mol. The molecule has 40 heavy (non-hydrogen) atoms. The Morgan fingerprint density at radius 1 is 1.10 bits per heavy atom. The van der Waals surface area contributed by atoms with Crippen LogP contribution in [0.4, 0.5) is 0 Å². The van der Waals surface area contributed by atoms with E-state index < -0.39 is 18.0 Å². The van der Waals surface area contributed by atoms with Gasteiger partial charge in [-0.1, -0.05) is 40.6 Å². The van der Waals surface area contributed by atoms with E-state index in [2.05, 4.69) is 15.9 Å². The van der Waals surface area contributed by atoms with Crippen molar-refractivity contribution in [2.24, 2.45) is 4.99 Å². The summed E-state index contributed by atoms with van der Waals surface area (Å²) in [5, 5.41) is 0. The number of methoxy groups -OCH3 is 2. The van der Waals surface area contributed by atoms with E-state index in [1.54, 1.807) is 56.5 Å². The molecular formula is C29H29BrN2O7S. The van der Waals surface area contributed by atoms with Gasteiger partial charge in [0.1, 0.15) is 23.3 Å². The Hall–Kier alpha value is -3.70. The summed E-state index contributed by atoms with van der Waals surface area (Å²) >= 11 is 4.62. The third kappa shape index (κ3) is 5.90. The van der Waals surface area contributed by atoms with E-state index in [-0.39, 0.29) is 17.7 Å². The normalized spacial score (nSPS) is 14.8. The molecule has 0 N–H and O–H groups in total. The number of aromatic nitrogens is 1. The smallest absolute Gasteiger partial charge is 0.338 e. The zero-order valence-corrected chi connectivity index (χ0v) is 25.2. The van der Waals surface area contributed by atoms with Crippen molar-refractivity contribution in [2.45, 2.75) is 39.7 Å². The molecule has 0 spiro atoms. The summed E-state index contributed by atoms with van der Waals surface area (Å²) < 4.78 is 24.6. The van der Waals surface area contributed by atoms with Crippen LogP contribution in [0.2, 0.25) is 0 Å². The van der Waals surface area contributed by atoms with Gasteiger partial charge in [-0.25, -0.2) is 9.79 Å². The lowest BCUT2D eigenvalue weighted by Gasteiger charge is -2.27. The zero-order chi connectivity index (χ0) is 29.0. The summed E-state index contributed by atoms with van der Waals surface area (Å²) in [5.74, 6) is 0.292. The summed E-state index contributed by atoms with van der Waals surface area (Å²) in [4.78, 5) is 44.4. The lowest BCUT2D eigenvalue weighted by Crippen LogP contribution is -2.40. The number of carbonyl (C=O) groups excluding carboxylic acids is 2. The van der Waals surface area contributed by atoms with Gasteiger partial charge in [0, 0.05) is 22.5 Å². The molecule has 2 aromatic carbocycles. The van der Waals surface area contributed by atoms with Crippen LogP contribution in [0.3, 0.4) is 0 Å². The lowest BCUT2D eigenvalue weighted by atomic mass is 9.93. The quantitative estimate of drug-likeness (QED) is 0.257. The van der Waals surface area contributed by atoms with Crippen LogP contribution in [0.5, 0.6) is 17.2 Å². The number of esters is 2. The summed E-state index contributed by atoms with van der Waals surface area (Å²) in [6.07, 6.45) is 2.88. The number of fused-ring (bicyclic) bond motifs is 1. The van der Waals surface area contributed by atoms with E-state index in [1.807, 2.05) is 6.92 Å². The van der Waals surface area contributed by atoms with Gasteiger partial charge in [0.2, 0.25) is 0 Å². The number of carbonyl (C=O) groups is 2. The van der Waals surface area contributed by atoms with Gasteiger partial charge in [0.05, 0.1) is 36.6 Å². The van der Waals surface area contributed by atoms with Crippen molar-refractivity contribution in [2.75, 3.05) is 20.8 Å². The molecule has 0 unspecified atom stereocenters. The minimum Gasteiger partial charge on any atom is -0.497 e. The molecule has 1 atom stereocenters. The second kappa shape index (κ2) is 12.6. The largest absolute Gasteiger partial charge is 0.497 e. The fraction of sp³-hybridized carbons (Fsp3) is 0.310. The van der Waals surface area contributed by atoms with Gasteiger partial charge in [-0.2, -0.15) is 0 Å². The van der Waals surface area contributed by atoms with Crippen LogP contribution in [-0.2, 0) is 14.3 Å². The molecule has 0 radical (unpaired) electrons. The number of benzene rings is 2. The lowest BCUT2D eigenvalue weighted by molar-refractivity contribution is -0.139. The highest BCUT2D eigenvalue weighted by Gasteiger charge is 2.36. The number of hydrogen-bond acceptors (Lipinski definition) is 9. The first kappa shape index (κ1) is 29.3. The highest BCUT2D eigenvalue weighted by molar-refractivity contribution is 9.10. The highest BCUT2D eigenvalue weighted by Crippen LogP contribution is 2.38. The number of halogens is 1. The van der Waals surface area contributed by atoms with E-state index in [0.29, 0.717) is 49.8 Å². The molecule has 0 aliphatic carbocycles. The Morgan fingerprint density at radius 3 is 2.50 bits per heavy atom. The first-order chi connectivity index (χ1) is 19.2. The maximum atomic E-state index is 14.1. The number of nitrogens with zero attached hydrogens (tertiary/aromatic N) is 2. The maximum Gasteiger partial charge on any atom is 0.338 e. The molecule has 1 aromatic heterocycles. The van der Waals surface area contributed by atoms with Crippen LogP contribution >= 0.6 is 27.3 Å². The van der Waals surface area contributed by atoms with Gasteiger partial charge in [-0.05, 0) is 55.8 Å². The van der Waals surface area contributed by atoms with Crippen LogP contribution in [0.15, 0.2) is 61.9 Å². The number of hydrogen-bond donors (Lipinski definition) is 0. The van der Waals surface area contributed by atoms with Crippen molar-refractivity contribution in [1.29, 1.82) is 0 Å². The van der Waals surface area contributed by atoms with Crippen molar-refractivity contribution in [3.05, 3.63) is 83.0 Å². The zero-order valence-electron chi connectivity index (χ0n) is 22.8. The molecule has 0 fully saturated rings. The molecule has 1 aliphatic heterocycles. The van der Waals surface area contributed by atoms with Crippen molar-refractivity contribution >= 4 is 45.3 Å². The minimum atomic E-state index is -0.875. The molecule has 210 valence electrons. The average Bonchev–Trinajstić information content (AvgIpc) is 3.23. The van der Waals surface area contributed by atoms with Crippen molar-refractivity contribution in [3.8, 4) is 17.2 Å². The molecule has 0 bridgehead atoms. The van der Waals surface area contributed by atoms with Crippen LogP contribution in [0.1, 0.15) is 50.8 Å². The summed E-state index contributed by atoms with van der Waals surface area (Å²) in [7, 11) is 3.07. The Morgan fingerprint density at radius 2 is 1.85 bits per heavy atom. The molecule has 11 heteroatoms. The standard InChI is InChI=1S/C29H29BrN2O7S/c1-6-8-21-25(28(35)38-7-2)26(20-15-19(36-4)10-12-23(20)37-5)32-27(34)24(40-29(32)31-21)14-17-13-18(30)9-11-22(17)39-16(3)33/h9-15,26H,6-8H2,1-5H3/b24-14-/t26-/m0/s1. The topological polar surface area (TPSA) is 105 Å². The highest BCUT2D eigenvalue weighted by atomic mass is 79.9. The van der Waals surface area contributed by atoms with Crippen LogP contribution in [0.25, 0.3) is 6.08 Å². The maximum absolute atomic E-state index is 14.1. The van der Waals surface area contributed by atoms with Gasteiger partial charge in [-0.3, -0.25) is 14.2 Å². The predicted octanol–water partition coefficient (Wildman–Crippen LogP) is 4.28. The number of thiazole rings is 1. The molecule has 0 amide bonds. The Labute approximate surface area is 243 Å². The summed E-state index contributed by atoms with van der Waals surface area (Å²) in [6, 6.07) is 9.51. The van der Waals surface area contributed by atoms with Crippen LogP contribution in [0, 0.1) is 0 Å². The van der Waals surface area contributed by atoms with E-state index in [0.717, 1.165) is 10.9 Å². The fourth-order valence-corrected chi connectivity index (χ4v) is 5.88. The number of rotatable bonds is 9. The van der Waals surface area contributed by atoms with Crippen LogP contribution in [-0.4, -0.2) is 37.3 Å². The van der Waals surface area contributed by atoms with Gasteiger partial charge in [0.15, 0.2) is 4.80 Å². The second-order valence-corrected chi connectivity index (χ2v) is 10.7. The first-order valence-corrected chi connectivity index (χ1v) is 14.2. The van der Waals surface area contributed by atoms with Crippen molar-refractivity contribution in [3.63, 3.8) is 0 Å². The van der Waals surface area contributed by atoms with Crippen LogP contribution < -0.4 is 29.1 Å². The van der Waals surface area contributed by atoms with Gasteiger partial charge >= 0.3 is 11.9 Å². The molecule has 0 saturated heterocycles. The molecule has 2 heterocycles. The van der Waals surface area contributed by atoms with Crippen molar-refractivity contribution < 1.29 is 28.5 Å². The van der Waals surface area contributed by atoms with Crippen molar-refractivity contribution in [1.82, 2.24) is 4.57 Å². The average molecular weight is 630 g/mol. The van der Waals surface area contributed by atoms with Gasteiger partial charge in [-0.15, -0.1) is 0 Å². The molecule has 0 saturated carbocycles. The Balaban J connectivity index is 2.06. The predicted molar refractivity (Wildman–Crippen MR) is 155 cm³/mol. The number of ether oxygens (including phenoxy) is 4. The Kier molecular flexibility index (Phi) is 9.26. The third-order valence-corrected chi connectivity index (χ3v) is 7.61. The van der Waals surface area contributed by atoms with E-state index in [4.69, 9.17) is 23.9 Å². The van der Waals surface area contributed by atoms with Gasteiger partial charge < -0.3 is 18.9 Å². The summed E-state index contributed by atoms with van der Waals surface area (Å²) in [6.45, 7) is 5.20. The molecule has 9 nitrogen and oxygen atoms in total. The van der Waals surface area contributed by atoms with E-state index >= 15 is 0 Å². The Bertz CT molecular complexity index is 1670. The molecule has 4 rings (SSSR count). The first-order valence-electron chi connectivity index (χ1n) is 12.6. The molecular weight excluding hydrogens is 600 g/mol. The molecule has 3 aromatic rings. The van der Waals surface area contributed by atoms with E-state index in [1.165, 1.54) is 29.9 Å². The minimum absolute atomic E-state index is 0.163. The van der Waals surface area contributed by atoms with Gasteiger partial charge in [0.25, 0.3) is 5.56 Å².